The van der Waals surface area contributed by atoms with Crippen LogP contribution in [0.15, 0.2) is 0 Å². The zero-order valence-corrected chi connectivity index (χ0v) is 23.2. The Hall–Kier alpha value is -2.24. The molecule has 0 saturated heterocycles. The second kappa shape index (κ2) is 26.4. The fourth-order valence-electron chi connectivity index (χ4n) is 2.66. The van der Waals surface area contributed by atoms with Crippen LogP contribution in [0.2, 0.25) is 0 Å². The molecule has 0 aromatic rings. The number of amides is 4. The van der Waals surface area contributed by atoms with Crippen molar-refractivity contribution in [3.63, 3.8) is 0 Å². The lowest BCUT2D eigenvalue weighted by Crippen LogP contribution is -2.50. The molecule has 11 heteroatoms. The van der Waals surface area contributed by atoms with Gasteiger partial charge in [-0.05, 0) is 13.0 Å². The molecule has 0 aromatic heterocycles. The first-order chi connectivity index (χ1) is 16.6. The van der Waals surface area contributed by atoms with Gasteiger partial charge in [-0.1, -0.05) is 48.0 Å². The van der Waals surface area contributed by atoms with Gasteiger partial charge in [0.15, 0.2) is 0 Å². The van der Waals surface area contributed by atoms with Crippen molar-refractivity contribution in [2.75, 3.05) is 60.2 Å². The maximum Gasteiger partial charge on any atom is 0.238 e. The highest BCUT2D eigenvalue weighted by atomic mass is 16.5. The number of hydrogen-bond acceptors (Lipinski definition) is 7. The standard InChI is InChI=1S/C19H37N5O6.C3H8.C2H6/c1-14(2)18(19(28)23-13-15(20)25)24(4)8-10-30-12-11-29-9-7-22-17(27)6-5-16(26)21-3;1-3-2;1-2/h14,18H,5-13H2,1-4H3,(H2,20,25)(H,21,26)(H,22,27)(H,23,28);3H2,1-2H3;1-2H3. The molecule has 1 atom stereocenters. The number of nitrogens with zero attached hydrogens (tertiary/aromatic N) is 1. The predicted molar refractivity (Wildman–Crippen MR) is 139 cm³/mol. The number of rotatable bonds is 17. The summed E-state index contributed by atoms with van der Waals surface area (Å²) in [6.07, 6.45) is 1.56. The molecule has 0 radical (unpaired) electrons. The van der Waals surface area contributed by atoms with E-state index in [9.17, 15) is 19.2 Å². The van der Waals surface area contributed by atoms with Gasteiger partial charge >= 0.3 is 0 Å². The summed E-state index contributed by atoms with van der Waals surface area (Å²) in [6, 6.07) is -0.392. The lowest BCUT2D eigenvalue weighted by Gasteiger charge is -2.29. The number of hydrogen-bond donors (Lipinski definition) is 4. The number of likely N-dealkylation sites (N-methyl/N-ethyl adjacent to an activating group) is 1. The molecule has 208 valence electrons. The molecule has 35 heavy (non-hydrogen) atoms. The van der Waals surface area contributed by atoms with Crippen LogP contribution in [-0.4, -0.2) is 94.7 Å². The second-order valence-electron chi connectivity index (χ2n) is 7.81. The molecule has 5 N–H and O–H groups in total. The Bertz CT molecular complexity index is 561. The first-order valence-corrected chi connectivity index (χ1v) is 12.5. The van der Waals surface area contributed by atoms with Crippen molar-refractivity contribution < 1.29 is 28.7 Å². The number of carbonyl (C=O) groups excluding carboxylic acids is 4. The van der Waals surface area contributed by atoms with Gasteiger partial charge in [0.05, 0.1) is 39.0 Å². The third kappa shape index (κ3) is 24.7. The van der Waals surface area contributed by atoms with E-state index in [2.05, 4.69) is 29.8 Å². The zero-order valence-electron chi connectivity index (χ0n) is 23.2. The first kappa shape index (κ1) is 37.3. The summed E-state index contributed by atoms with van der Waals surface area (Å²) in [5.41, 5.74) is 5.06. The largest absolute Gasteiger partial charge is 0.378 e. The number of carbonyl (C=O) groups is 4. The molecule has 0 rings (SSSR count). The lowest BCUT2D eigenvalue weighted by molar-refractivity contribution is -0.130. The molecule has 0 aliphatic heterocycles. The van der Waals surface area contributed by atoms with E-state index in [1.807, 2.05) is 39.6 Å². The minimum atomic E-state index is -0.583. The van der Waals surface area contributed by atoms with Crippen LogP contribution in [-0.2, 0) is 28.7 Å². The van der Waals surface area contributed by atoms with E-state index < -0.39 is 11.9 Å². The number of nitrogens with one attached hydrogen (secondary N) is 3. The maximum atomic E-state index is 12.2. The van der Waals surface area contributed by atoms with Crippen LogP contribution in [0.4, 0.5) is 0 Å². The molecule has 0 fully saturated rings. The van der Waals surface area contributed by atoms with Gasteiger partial charge in [0.1, 0.15) is 0 Å². The van der Waals surface area contributed by atoms with Gasteiger partial charge in [-0.3, -0.25) is 24.1 Å². The molecule has 0 heterocycles. The smallest absolute Gasteiger partial charge is 0.238 e. The van der Waals surface area contributed by atoms with Crippen molar-refractivity contribution in [3.8, 4) is 0 Å². The Kier molecular flexibility index (Phi) is 28.1. The molecule has 11 nitrogen and oxygen atoms in total. The van der Waals surface area contributed by atoms with Gasteiger partial charge in [-0.25, -0.2) is 0 Å². The molecule has 1 unspecified atom stereocenters. The highest BCUT2D eigenvalue weighted by Crippen LogP contribution is 2.09. The Morgan fingerprint density at radius 1 is 0.886 bits per heavy atom. The van der Waals surface area contributed by atoms with Crippen molar-refractivity contribution in [2.45, 2.75) is 66.8 Å². The SMILES string of the molecule is CC.CCC.CNC(=O)CCC(=O)NCCOCCOCCN(C)C(C(=O)NCC(N)=O)C(C)C. The van der Waals surface area contributed by atoms with Crippen molar-refractivity contribution in [2.24, 2.45) is 11.7 Å². The molecular weight excluding hydrogens is 454 g/mol. The van der Waals surface area contributed by atoms with E-state index in [0.717, 1.165) is 0 Å². The maximum absolute atomic E-state index is 12.2. The molecule has 0 spiro atoms. The molecule has 0 saturated carbocycles. The second-order valence-corrected chi connectivity index (χ2v) is 7.81. The average Bonchev–Trinajstić information content (AvgIpc) is 2.81. The van der Waals surface area contributed by atoms with E-state index >= 15 is 0 Å². The van der Waals surface area contributed by atoms with E-state index in [0.29, 0.717) is 39.5 Å². The average molecular weight is 506 g/mol. The quantitative estimate of drug-likeness (QED) is 0.212. The molecule has 0 aliphatic rings. The van der Waals surface area contributed by atoms with Crippen LogP contribution in [0.3, 0.4) is 0 Å². The Balaban J connectivity index is -0.00000189. The van der Waals surface area contributed by atoms with E-state index in [1.54, 1.807) is 0 Å². The monoisotopic (exact) mass is 505 g/mol. The van der Waals surface area contributed by atoms with Crippen LogP contribution in [0, 0.1) is 5.92 Å². The number of primary amides is 1. The normalized spacial score (nSPS) is 10.9. The fourth-order valence-corrected chi connectivity index (χ4v) is 2.66. The van der Waals surface area contributed by atoms with Crippen LogP contribution in [0.1, 0.15) is 60.8 Å². The van der Waals surface area contributed by atoms with E-state index in [-0.39, 0.29) is 43.0 Å². The first-order valence-electron chi connectivity index (χ1n) is 12.5. The summed E-state index contributed by atoms with van der Waals surface area (Å²) < 4.78 is 10.9. The predicted octanol–water partition coefficient (Wildman–Crippen LogP) is 0.662. The highest BCUT2D eigenvalue weighted by Gasteiger charge is 2.26. The van der Waals surface area contributed by atoms with Crippen LogP contribution in [0.25, 0.3) is 0 Å². The Morgan fingerprint density at radius 2 is 1.40 bits per heavy atom. The molecule has 4 amide bonds. The molecule has 0 aliphatic carbocycles. The minimum absolute atomic E-state index is 0.0535. The summed E-state index contributed by atoms with van der Waals surface area (Å²) >= 11 is 0. The molecule has 0 bridgehead atoms. The zero-order chi connectivity index (χ0) is 27.6. The van der Waals surface area contributed by atoms with Gasteiger partial charge in [-0.15, -0.1) is 0 Å². The third-order valence-electron chi connectivity index (χ3n) is 4.20. The van der Waals surface area contributed by atoms with Crippen molar-refractivity contribution in [1.82, 2.24) is 20.9 Å². The van der Waals surface area contributed by atoms with Crippen molar-refractivity contribution >= 4 is 23.6 Å². The summed E-state index contributed by atoms with van der Waals surface area (Å²) in [5, 5.41) is 7.66. The van der Waals surface area contributed by atoms with Crippen LogP contribution in [0.5, 0.6) is 0 Å². The fraction of sp³-hybridized carbons (Fsp3) is 0.833. The highest BCUT2D eigenvalue weighted by molar-refractivity contribution is 5.87. The van der Waals surface area contributed by atoms with Gasteiger partial charge in [0.2, 0.25) is 23.6 Å². The van der Waals surface area contributed by atoms with E-state index in [1.165, 1.54) is 13.5 Å². The lowest BCUT2D eigenvalue weighted by atomic mass is 10.0. The topological polar surface area (TPSA) is 152 Å². The van der Waals surface area contributed by atoms with Crippen LogP contribution < -0.4 is 21.7 Å². The Morgan fingerprint density at radius 3 is 1.89 bits per heavy atom. The van der Waals surface area contributed by atoms with Crippen molar-refractivity contribution in [1.29, 1.82) is 0 Å². The number of ether oxygens (including phenoxy) is 2. The number of nitrogens with two attached hydrogens (primary N) is 1. The summed E-state index contributed by atoms with van der Waals surface area (Å²) in [5.74, 6) is -1.14. The molecular formula is C24H51N5O6. The summed E-state index contributed by atoms with van der Waals surface area (Å²) in [4.78, 5) is 47.5. The van der Waals surface area contributed by atoms with Crippen molar-refractivity contribution in [3.05, 3.63) is 0 Å². The van der Waals surface area contributed by atoms with Gasteiger partial charge < -0.3 is 31.2 Å². The third-order valence-corrected chi connectivity index (χ3v) is 4.20. The molecule has 0 aromatic carbocycles. The van der Waals surface area contributed by atoms with Gasteiger partial charge in [0, 0.05) is 33.0 Å². The minimum Gasteiger partial charge on any atom is -0.378 e. The van der Waals surface area contributed by atoms with Crippen LogP contribution >= 0.6 is 0 Å². The van der Waals surface area contributed by atoms with Gasteiger partial charge in [-0.2, -0.15) is 0 Å². The van der Waals surface area contributed by atoms with E-state index in [4.69, 9.17) is 15.2 Å². The summed E-state index contributed by atoms with van der Waals surface area (Å²) in [7, 11) is 3.35. The Labute approximate surface area is 212 Å². The summed E-state index contributed by atoms with van der Waals surface area (Å²) in [6.45, 7) is 14.4. The van der Waals surface area contributed by atoms with Gasteiger partial charge in [0.25, 0.3) is 0 Å².